The highest BCUT2D eigenvalue weighted by Crippen LogP contribution is 2.36. The number of nitro groups is 1. The topological polar surface area (TPSA) is 55.6 Å². The zero-order valence-corrected chi connectivity index (χ0v) is 10.7. The zero-order chi connectivity index (χ0) is 13.2. The fourth-order valence-corrected chi connectivity index (χ4v) is 2.32. The van der Waals surface area contributed by atoms with Gasteiger partial charge in [-0.3, -0.25) is 10.1 Å². The van der Waals surface area contributed by atoms with E-state index in [1.807, 2.05) is 6.07 Å². The Morgan fingerprint density at radius 1 is 1.26 bits per heavy atom. The summed E-state index contributed by atoms with van der Waals surface area (Å²) >= 11 is 0. The van der Waals surface area contributed by atoms with Crippen LogP contribution >= 0.6 is 0 Å². The molecule has 1 aliphatic heterocycles. The first-order valence-corrected chi connectivity index (χ1v) is 6.76. The highest BCUT2D eigenvalue weighted by atomic mass is 16.6. The van der Waals surface area contributed by atoms with Crippen LogP contribution < -0.4 is 9.64 Å². The molecule has 1 saturated heterocycles. The average molecular weight is 261 g/mol. The van der Waals surface area contributed by atoms with E-state index in [1.54, 1.807) is 12.1 Å². The Hall–Kier alpha value is -1.78. The van der Waals surface area contributed by atoms with Crippen molar-refractivity contribution in [1.82, 2.24) is 0 Å². The van der Waals surface area contributed by atoms with Gasteiger partial charge in [0, 0.05) is 24.8 Å². The average Bonchev–Trinajstić information content (AvgIpc) is 3.24. The van der Waals surface area contributed by atoms with Crippen LogP contribution in [-0.4, -0.2) is 24.1 Å². The lowest BCUT2D eigenvalue weighted by Gasteiger charge is -2.28. The summed E-state index contributed by atoms with van der Waals surface area (Å²) in [6.45, 7) is 1.86. The molecular weight excluding hydrogens is 244 g/mol. The lowest BCUT2D eigenvalue weighted by atomic mass is 10.1. The smallest absolute Gasteiger partial charge is 0.312 e. The molecule has 5 nitrogen and oxygen atoms in total. The Labute approximate surface area is 112 Å². The number of hydrogen-bond donors (Lipinski definition) is 0. The Morgan fingerprint density at radius 3 is 2.63 bits per heavy atom. The van der Waals surface area contributed by atoms with Gasteiger partial charge in [-0.05, 0) is 44.2 Å². The second-order valence-electron chi connectivity index (χ2n) is 5.08. The van der Waals surface area contributed by atoms with Gasteiger partial charge in [0.2, 0.25) is 0 Å². The van der Waals surface area contributed by atoms with Crippen LogP contribution in [0.1, 0.15) is 25.7 Å². The molecule has 19 heavy (non-hydrogen) atoms. The van der Waals surface area contributed by atoms with Crippen molar-refractivity contribution in [1.29, 1.82) is 0 Å². The number of nitrogens with zero attached hydrogens (tertiary/aromatic N) is 2. The lowest BCUT2D eigenvalue weighted by Crippen LogP contribution is -2.29. The number of anilines is 1. The van der Waals surface area contributed by atoms with E-state index in [0.717, 1.165) is 44.5 Å². The first-order chi connectivity index (χ1) is 9.24. The highest BCUT2D eigenvalue weighted by molar-refractivity contribution is 5.60. The molecule has 0 N–H and O–H groups in total. The molecule has 0 unspecified atom stereocenters. The summed E-state index contributed by atoms with van der Waals surface area (Å²) in [6.07, 6.45) is 6.51. The fraction of sp³-hybridized carbons (Fsp3) is 0.500. The number of rotatable bonds is 4. The molecule has 1 radical (unpaired) electrons. The molecule has 3 rings (SSSR count). The predicted molar refractivity (Wildman–Crippen MR) is 72.5 cm³/mol. The molecule has 0 bridgehead atoms. The van der Waals surface area contributed by atoms with Crippen molar-refractivity contribution in [2.45, 2.75) is 31.8 Å². The molecule has 0 atom stereocenters. The summed E-state index contributed by atoms with van der Waals surface area (Å²) in [4.78, 5) is 13.0. The molecule has 1 aliphatic carbocycles. The molecule has 2 fully saturated rings. The van der Waals surface area contributed by atoms with E-state index < -0.39 is 0 Å². The van der Waals surface area contributed by atoms with Crippen molar-refractivity contribution in [2.75, 3.05) is 18.0 Å². The predicted octanol–water partition coefficient (Wildman–Crippen LogP) is 2.94. The SMILES string of the molecule is O=[N+]([O-])c1cc(N2CC[CH]CC2)ccc1OC1CC1. The van der Waals surface area contributed by atoms with Crippen LogP contribution in [0, 0.1) is 16.5 Å². The number of benzene rings is 1. The minimum absolute atomic E-state index is 0.0824. The van der Waals surface area contributed by atoms with Crippen LogP contribution in [0.2, 0.25) is 0 Å². The van der Waals surface area contributed by atoms with E-state index in [-0.39, 0.29) is 16.7 Å². The molecule has 1 aromatic carbocycles. The third-order valence-corrected chi connectivity index (χ3v) is 3.53. The molecule has 1 aromatic rings. The maximum atomic E-state index is 11.2. The summed E-state index contributed by atoms with van der Waals surface area (Å²) in [5.41, 5.74) is 1.00. The van der Waals surface area contributed by atoms with Gasteiger partial charge in [-0.15, -0.1) is 0 Å². The molecule has 5 heteroatoms. The van der Waals surface area contributed by atoms with Crippen molar-refractivity contribution in [3.05, 3.63) is 34.7 Å². The molecule has 1 heterocycles. The third kappa shape index (κ3) is 2.80. The maximum absolute atomic E-state index is 11.2. The van der Waals surface area contributed by atoms with Crippen molar-refractivity contribution in [3.8, 4) is 5.75 Å². The Kier molecular flexibility index (Phi) is 3.27. The van der Waals surface area contributed by atoms with Crippen LogP contribution in [0.3, 0.4) is 0 Å². The van der Waals surface area contributed by atoms with Crippen LogP contribution in [0.25, 0.3) is 0 Å². The minimum Gasteiger partial charge on any atom is -0.483 e. The van der Waals surface area contributed by atoms with E-state index in [2.05, 4.69) is 11.3 Å². The summed E-state index contributed by atoms with van der Waals surface area (Å²) in [5.74, 6) is 0.403. The fourth-order valence-electron chi connectivity index (χ4n) is 2.32. The highest BCUT2D eigenvalue weighted by Gasteiger charge is 2.28. The first-order valence-electron chi connectivity index (χ1n) is 6.76. The van der Waals surface area contributed by atoms with E-state index in [0.29, 0.717) is 5.75 Å². The Bertz CT molecular complexity index is 480. The zero-order valence-electron chi connectivity index (χ0n) is 10.7. The van der Waals surface area contributed by atoms with Crippen molar-refractivity contribution < 1.29 is 9.66 Å². The monoisotopic (exact) mass is 261 g/mol. The van der Waals surface area contributed by atoms with Crippen molar-refractivity contribution in [2.24, 2.45) is 0 Å². The molecule has 0 amide bonds. The third-order valence-electron chi connectivity index (χ3n) is 3.53. The molecule has 0 spiro atoms. The van der Waals surface area contributed by atoms with Crippen LogP contribution in [0.4, 0.5) is 11.4 Å². The van der Waals surface area contributed by atoms with Gasteiger partial charge in [-0.2, -0.15) is 0 Å². The largest absolute Gasteiger partial charge is 0.483 e. The van der Waals surface area contributed by atoms with Gasteiger partial charge in [0.25, 0.3) is 0 Å². The van der Waals surface area contributed by atoms with Gasteiger partial charge in [-0.25, -0.2) is 0 Å². The molecular formula is C14H17N2O3. The maximum Gasteiger partial charge on any atom is 0.312 e. The Morgan fingerprint density at radius 2 is 2.00 bits per heavy atom. The molecule has 0 aromatic heterocycles. The van der Waals surface area contributed by atoms with E-state index >= 15 is 0 Å². The molecule has 2 aliphatic rings. The van der Waals surface area contributed by atoms with Crippen LogP contribution in [0.5, 0.6) is 5.75 Å². The lowest BCUT2D eigenvalue weighted by molar-refractivity contribution is -0.385. The quantitative estimate of drug-likeness (QED) is 0.617. The molecule has 1 saturated carbocycles. The number of nitro benzene ring substituents is 1. The van der Waals surface area contributed by atoms with Gasteiger partial charge in [0.15, 0.2) is 5.75 Å². The number of hydrogen-bond acceptors (Lipinski definition) is 4. The van der Waals surface area contributed by atoms with Crippen molar-refractivity contribution in [3.63, 3.8) is 0 Å². The van der Waals surface area contributed by atoms with E-state index in [1.165, 1.54) is 0 Å². The van der Waals surface area contributed by atoms with Gasteiger partial charge in [0.1, 0.15) is 0 Å². The van der Waals surface area contributed by atoms with Gasteiger partial charge in [-0.1, -0.05) is 0 Å². The Balaban J connectivity index is 1.85. The summed E-state index contributed by atoms with van der Waals surface area (Å²) in [7, 11) is 0. The number of ether oxygens (including phenoxy) is 1. The first kappa shape index (κ1) is 12.3. The summed E-state index contributed by atoms with van der Waals surface area (Å²) < 4.78 is 5.59. The normalized spacial score (nSPS) is 19.3. The van der Waals surface area contributed by atoms with Gasteiger partial charge in [0.05, 0.1) is 11.0 Å². The second-order valence-corrected chi connectivity index (χ2v) is 5.08. The minimum atomic E-state index is -0.350. The molecule has 101 valence electrons. The van der Waals surface area contributed by atoms with Crippen LogP contribution in [0.15, 0.2) is 18.2 Å². The van der Waals surface area contributed by atoms with E-state index in [4.69, 9.17) is 4.74 Å². The standard InChI is InChI=1S/C14H17N2O3/c17-16(18)13-10-11(15-8-2-1-3-9-15)4-7-14(13)19-12-5-6-12/h1,4,7,10,12H,2-3,5-6,8-9H2. The number of piperidine rings is 1. The van der Waals surface area contributed by atoms with Crippen LogP contribution in [-0.2, 0) is 0 Å². The summed E-state index contributed by atoms with van der Waals surface area (Å²) in [5, 5.41) is 11.2. The van der Waals surface area contributed by atoms with Gasteiger partial charge >= 0.3 is 5.69 Å². The summed E-state index contributed by atoms with van der Waals surface area (Å²) in [6, 6.07) is 5.31. The second kappa shape index (κ2) is 5.07. The van der Waals surface area contributed by atoms with E-state index in [9.17, 15) is 10.1 Å². The van der Waals surface area contributed by atoms with Gasteiger partial charge < -0.3 is 9.64 Å². The van der Waals surface area contributed by atoms with Crippen molar-refractivity contribution >= 4 is 11.4 Å².